The lowest BCUT2D eigenvalue weighted by atomic mass is 10.2. The first-order valence-corrected chi connectivity index (χ1v) is 13.0. The number of ether oxygens (including phenoxy) is 3. The van der Waals surface area contributed by atoms with Gasteiger partial charge in [-0.3, -0.25) is 0 Å². The smallest absolute Gasteiger partial charge is 0.243 e. The second-order valence-corrected chi connectivity index (χ2v) is 10.5. The van der Waals surface area contributed by atoms with Crippen LogP contribution in [-0.2, 0) is 23.2 Å². The van der Waals surface area contributed by atoms with Gasteiger partial charge in [-0.05, 0) is 44.5 Å². The van der Waals surface area contributed by atoms with Gasteiger partial charge in [0.05, 0.1) is 31.4 Å². The summed E-state index contributed by atoms with van der Waals surface area (Å²) in [5.74, 6) is 1.64. The van der Waals surface area contributed by atoms with Crippen molar-refractivity contribution < 1.29 is 22.6 Å². The molecule has 0 radical (unpaired) electrons. The lowest BCUT2D eigenvalue weighted by Crippen LogP contribution is -2.37. The van der Waals surface area contributed by atoms with Gasteiger partial charge in [-0.15, -0.1) is 11.3 Å². The minimum Gasteiger partial charge on any atom is -0.493 e. The maximum atomic E-state index is 13.4. The zero-order valence-corrected chi connectivity index (χ0v) is 21.2. The van der Waals surface area contributed by atoms with Gasteiger partial charge in [0.1, 0.15) is 11.6 Å². The van der Waals surface area contributed by atoms with Crippen LogP contribution in [0.25, 0.3) is 0 Å². The van der Waals surface area contributed by atoms with E-state index < -0.39 is 10.0 Å². The normalized spacial score (nSPS) is 12.5. The van der Waals surface area contributed by atoms with Crippen molar-refractivity contribution in [1.82, 2.24) is 9.29 Å². The molecule has 0 aliphatic carbocycles. The summed E-state index contributed by atoms with van der Waals surface area (Å²) < 4.78 is 44.9. The molecule has 1 aromatic heterocycles. The Morgan fingerprint density at radius 3 is 2.27 bits per heavy atom. The average molecular weight is 491 g/mol. The van der Waals surface area contributed by atoms with Crippen molar-refractivity contribution >= 4 is 21.4 Å². The number of benzene rings is 2. The fourth-order valence-corrected chi connectivity index (χ4v) is 5.64. The molecule has 0 N–H and O–H groups in total. The van der Waals surface area contributed by atoms with Crippen molar-refractivity contribution in [2.45, 2.75) is 51.3 Å². The second-order valence-electron chi connectivity index (χ2n) is 7.63. The monoisotopic (exact) mass is 490 g/mol. The van der Waals surface area contributed by atoms with Crippen LogP contribution in [0.4, 0.5) is 0 Å². The summed E-state index contributed by atoms with van der Waals surface area (Å²) in [6.45, 7) is 6.23. The summed E-state index contributed by atoms with van der Waals surface area (Å²) in [6.07, 6.45) is 0.693. The Balaban J connectivity index is 1.78. The minimum absolute atomic E-state index is 0.171. The summed E-state index contributed by atoms with van der Waals surface area (Å²) >= 11 is 1.43. The molecule has 3 rings (SSSR count). The van der Waals surface area contributed by atoms with E-state index in [1.165, 1.54) is 15.6 Å². The minimum atomic E-state index is -3.66. The van der Waals surface area contributed by atoms with Crippen LogP contribution in [0.3, 0.4) is 0 Å². The zero-order valence-electron chi connectivity index (χ0n) is 19.6. The predicted octanol–water partition coefficient (Wildman–Crippen LogP) is 5.04. The molecule has 0 spiro atoms. The molecule has 1 heterocycles. The van der Waals surface area contributed by atoms with Gasteiger partial charge in [-0.2, -0.15) is 4.31 Å². The molecule has 1 atom stereocenters. The summed E-state index contributed by atoms with van der Waals surface area (Å²) in [4.78, 5) is 4.91. The largest absolute Gasteiger partial charge is 0.493 e. The molecule has 9 heteroatoms. The van der Waals surface area contributed by atoms with E-state index in [9.17, 15) is 8.42 Å². The lowest BCUT2D eigenvalue weighted by molar-refractivity contribution is 0.265. The molecule has 0 aliphatic rings. The van der Waals surface area contributed by atoms with Gasteiger partial charge in [-0.25, -0.2) is 13.4 Å². The Bertz CT molecular complexity index is 1140. The molecule has 0 unspecified atom stereocenters. The first-order chi connectivity index (χ1) is 15.8. The number of aromatic nitrogens is 1. The fraction of sp³-hybridized carbons (Fsp3) is 0.375. The van der Waals surface area contributed by atoms with Crippen molar-refractivity contribution in [3.05, 3.63) is 64.1 Å². The van der Waals surface area contributed by atoms with Crippen LogP contribution in [0.1, 0.15) is 36.5 Å². The topological polar surface area (TPSA) is 78.0 Å². The molecule has 0 saturated heterocycles. The summed E-state index contributed by atoms with van der Waals surface area (Å²) in [5, 5.41) is 2.60. The standard InChI is InChI=1S/C24H30N2O5S2/c1-6-18(3)26(33(27,28)20-12-10-17(2)11-13-20)14-19-16-32-23(25-19)15-31-24-21(29-4)8-7-9-22(24)30-5/h7-13,16,18H,6,14-15H2,1-5H3/t18-/m0/s1. The Labute approximate surface area is 200 Å². The summed E-state index contributed by atoms with van der Waals surface area (Å²) in [7, 11) is -0.517. The van der Waals surface area contributed by atoms with Crippen LogP contribution < -0.4 is 14.2 Å². The highest BCUT2D eigenvalue weighted by atomic mass is 32.2. The highest BCUT2D eigenvalue weighted by molar-refractivity contribution is 7.89. The SMILES string of the molecule is CC[C@H](C)N(Cc1csc(COc2c(OC)cccc2OC)n1)S(=O)(=O)c1ccc(C)cc1. The van der Waals surface area contributed by atoms with E-state index in [0.29, 0.717) is 29.4 Å². The Hall–Kier alpha value is -2.62. The molecular weight excluding hydrogens is 460 g/mol. The maximum absolute atomic E-state index is 13.4. The number of sulfonamides is 1. The van der Waals surface area contributed by atoms with Crippen LogP contribution >= 0.6 is 11.3 Å². The highest BCUT2D eigenvalue weighted by Crippen LogP contribution is 2.37. The number of para-hydroxylation sites is 1. The molecule has 7 nitrogen and oxygen atoms in total. The third kappa shape index (κ3) is 5.85. The number of aryl methyl sites for hydroxylation is 1. The van der Waals surface area contributed by atoms with Gasteiger partial charge < -0.3 is 14.2 Å². The number of nitrogens with zero attached hydrogens (tertiary/aromatic N) is 2. The third-order valence-corrected chi connectivity index (χ3v) is 8.20. The van der Waals surface area contributed by atoms with E-state index in [2.05, 4.69) is 4.98 Å². The molecule has 0 fully saturated rings. The number of methoxy groups -OCH3 is 2. The maximum Gasteiger partial charge on any atom is 0.243 e. The molecule has 0 saturated carbocycles. The molecule has 178 valence electrons. The van der Waals surface area contributed by atoms with Crippen LogP contribution in [0.5, 0.6) is 17.2 Å². The van der Waals surface area contributed by atoms with Gasteiger partial charge in [0.2, 0.25) is 15.8 Å². The van der Waals surface area contributed by atoms with Crippen molar-refractivity contribution in [3.63, 3.8) is 0 Å². The van der Waals surface area contributed by atoms with Gasteiger partial charge in [-0.1, -0.05) is 30.7 Å². The van der Waals surface area contributed by atoms with Gasteiger partial charge in [0.25, 0.3) is 0 Å². The van der Waals surface area contributed by atoms with Gasteiger partial charge >= 0.3 is 0 Å². The van der Waals surface area contributed by atoms with E-state index in [1.54, 1.807) is 38.5 Å². The second kappa shape index (κ2) is 11.0. The van der Waals surface area contributed by atoms with Crippen molar-refractivity contribution in [3.8, 4) is 17.2 Å². The van der Waals surface area contributed by atoms with Crippen molar-refractivity contribution in [1.29, 1.82) is 0 Å². The van der Waals surface area contributed by atoms with Crippen LogP contribution in [0, 0.1) is 6.92 Å². The van der Waals surface area contributed by atoms with Crippen molar-refractivity contribution in [2.24, 2.45) is 0 Å². The van der Waals surface area contributed by atoms with Crippen molar-refractivity contribution in [2.75, 3.05) is 14.2 Å². The zero-order chi connectivity index (χ0) is 24.0. The first kappa shape index (κ1) is 25.0. The molecule has 0 aliphatic heterocycles. The van der Waals surface area contributed by atoms with Gasteiger partial charge in [0, 0.05) is 11.4 Å². The van der Waals surface area contributed by atoms with E-state index in [4.69, 9.17) is 14.2 Å². The van der Waals surface area contributed by atoms with Crippen LogP contribution in [0.2, 0.25) is 0 Å². The molecule has 33 heavy (non-hydrogen) atoms. The Kier molecular flexibility index (Phi) is 8.34. The average Bonchev–Trinajstić information content (AvgIpc) is 3.28. The fourth-order valence-electron chi connectivity index (χ4n) is 3.27. The van der Waals surface area contributed by atoms with Crippen LogP contribution in [0.15, 0.2) is 52.7 Å². The van der Waals surface area contributed by atoms with E-state index in [-0.39, 0.29) is 24.1 Å². The molecule has 3 aromatic rings. The summed E-state index contributed by atoms with van der Waals surface area (Å²) in [5.41, 5.74) is 1.70. The molecule has 2 aromatic carbocycles. The van der Waals surface area contributed by atoms with Gasteiger partial charge in [0.15, 0.2) is 11.5 Å². The van der Waals surface area contributed by atoms with E-state index >= 15 is 0 Å². The predicted molar refractivity (Wildman–Crippen MR) is 130 cm³/mol. The quantitative estimate of drug-likeness (QED) is 0.375. The van der Waals surface area contributed by atoms with Crippen LogP contribution in [-0.4, -0.2) is 38.0 Å². The number of hydrogen-bond donors (Lipinski definition) is 0. The number of hydrogen-bond acceptors (Lipinski definition) is 7. The molecular formula is C24H30N2O5S2. The molecule has 0 bridgehead atoms. The number of rotatable bonds is 11. The number of thiazole rings is 1. The first-order valence-electron chi connectivity index (χ1n) is 10.7. The summed E-state index contributed by atoms with van der Waals surface area (Å²) in [6, 6.07) is 12.2. The third-order valence-electron chi connectivity index (χ3n) is 5.35. The lowest BCUT2D eigenvalue weighted by Gasteiger charge is -2.27. The highest BCUT2D eigenvalue weighted by Gasteiger charge is 2.29. The van der Waals surface area contributed by atoms with E-state index in [1.807, 2.05) is 44.4 Å². The Morgan fingerprint density at radius 2 is 1.70 bits per heavy atom. The van der Waals surface area contributed by atoms with E-state index in [0.717, 1.165) is 10.6 Å². The molecule has 0 amide bonds. The Morgan fingerprint density at radius 1 is 1.06 bits per heavy atom.